The number of carbonyl (C=O) groups excluding carboxylic acids is 1. The van der Waals surface area contributed by atoms with Gasteiger partial charge in [0.15, 0.2) is 0 Å². The summed E-state index contributed by atoms with van der Waals surface area (Å²) in [6, 6.07) is 4.90. The van der Waals surface area contributed by atoms with Gasteiger partial charge in [0.05, 0.1) is 0 Å². The number of rotatable bonds is 0. The summed E-state index contributed by atoms with van der Waals surface area (Å²) in [6.07, 6.45) is 1.59. The van der Waals surface area contributed by atoms with E-state index < -0.39 is 0 Å². The van der Waals surface area contributed by atoms with Gasteiger partial charge in [0, 0.05) is 20.0 Å². The minimum atomic E-state index is -0.190. The largest absolute Gasteiger partial charge is 0.342 e. The molecule has 0 saturated heterocycles. The molecule has 1 aliphatic heterocycles. The molecule has 1 heterocycles. The number of hydrogen-bond donors (Lipinski definition) is 0. The molecule has 2 rings (SSSR count). The van der Waals surface area contributed by atoms with Crippen LogP contribution < -0.4 is 0 Å². The highest BCUT2D eigenvalue weighted by atomic mass is 19.1. The molecule has 1 aromatic carbocycles. The Morgan fingerprint density at radius 2 is 1.93 bits per heavy atom. The van der Waals surface area contributed by atoms with Crippen molar-refractivity contribution in [2.75, 3.05) is 13.1 Å². The first-order chi connectivity index (χ1) is 7.16. The van der Waals surface area contributed by atoms with E-state index in [0.29, 0.717) is 6.54 Å². The predicted molar refractivity (Wildman–Crippen MR) is 56.1 cm³/mol. The van der Waals surface area contributed by atoms with Crippen LogP contribution in [0, 0.1) is 5.82 Å². The van der Waals surface area contributed by atoms with Gasteiger partial charge in [0.1, 0.15) is 5.82 Å². The molecule has 0 spiro atoms. The third-order valence-electron chi connectivity index (χ3n) is 2.92. The zero-order chi connectivity index (χ0) is 10.8. The zero-order valence-electron chi connectivity index (χ0n) is 8.79. The lowest BCUT2D eigenvalue weighted by atomic mass is 10.0. The third kappa shape index (κ3) is 2.17. The minimum Gasteiger partial charge on any atom is -0.342 e. The maximum atomic E-state index is 13.0. The predicted octanol–water partition coefficient (Wildman–Crippen LogP) is 1.77. The number of halogens is 1. The fourth-order valence-corrected chi connectivity index (χ4v) is 2.01. The van der Waals surface area contributed by atoms with E-state index in [1.54, 1.807) is 13.0 Å². The average Bonchev–Trinajstić information content (AvgIpc) is 2.39. The Hall–Kier alpha value is -1.38. The number of carbonyl (C=O) groups is 1. The first-order valence-corrected chi connectivity index (χ1v) is 5.19. The average molecular weight is 207 g/mol. The molecule has 0 atom stereocenters. The van der Waals surface area contributed by atoms with Crippen LogP contribution in [-0.4, -0.2) is 23.9 Å². The lowest BCUT2D eigenvalue weighted by molar-refractivity contribution is -0.128. The van der Waals surface area contributed by atoms with Crippen molar-refractivity contribution in [3.8, 4) is 0 Å². The van der Waals surface area contributed by atoms with Crippen LogP contribution in [0.25, 0.3) is 0 Å². The van der Waals surface area contributed by atoms with Crippen LogP contribution in [0.1, 0.15) is 18.1 Å². The molecular weight excluding hydrogens is 193 g/mol. The first-order valence-electron chi connectivity index (χ1n) is 5.19. The van der Waals surface area contributed by atoms with Crippen molar-refractivity contribution in [3.63, 3.8) is 0 Å². The van der Waals surface area contributed by atoms with Crippen LogP contribution in [0.15, 0.2) is 18.2 Å². The maximum Gasteiger partial charge on any atom is 0.219 e. The Labute approximate surface area is 88.7 Å². The number of fused-ring (bicyclic) bond motifs is 1. The second kappa shape index (κ2) is 4.01. The Bertz CT molecular complexity index is 389. The highest BCUT2D eigenvalue weighted by Crippen LogP contribution is 2.17. The summed E-state index contributed by atoms with van der Waals surface area (Å²) < 4.78 is 13.0. The molecule has 0 saturated carbocycles. The summed E-state index contributed by atoms with van der Waals surface area (Å²) in [6.45, 7) is 3.02. The van der Waals surface area contributed by atoms with Crippen molar-refractivity contribution in [2.45, 2.75) is 19.8 Å². The summed E-state index contributed by atoms with van der Waals surface area (Å²) >= 11 is 0. The monoisotopic (exact) mass is 207 g/mol. The van der Waals surface area contributed by atoms with Gasteiger partial charge in [-0.2, -0.15) is 0 Å². The molecule has 15 heavy (non-hydrogen) atoms. The minimum absolute atomic E-state index is 0.100. The van der Waals surface area contributed by atoms with Gasteiger partial charge in [-0.15, -0.1) is 0 Å². The Morgan fingerprint density at radius 1 is 1.27 bits per heavy atom. The van der Waals surface area contributed by atoms with Crippen LogP contribution >= 0.6 is 0 Å². The normalized spacial score (nSPS) is 15.7. The zero-order valence-corrected chi connectivity index (χ0v) is 8.79. The van der Waals surface area contributed by atoms with E-state index in [1.807, 2.05) is 11.0 Å². The van der Waals surface area contributed by atoms with Gasteiger partial charge in [0.2, 0.25) is 5.91 Å². The molecule has 0 N–H and O–H groups in total. The summed E-state index contributed by atoms with van der Waals surface area (Å²) in [7, 11) is 0. The van der Waals surface area contributed by atoms with E-state index in [2.05, 4.69) is 0 Å². The highest BCUT2D eigenvalue weighted by Gasteiger charge is 2.15. The topological polar surface area (TPSA) is 20.3 Å². The number of amides is 1. The second-order valence-corrected chi connectivity index (χ2v) is 3.92. The Balaban J connectivity index is 2.21. The molecule has 0 radical (unpaired) electrons. The van der Waals surface area contributed by atoms with Crippen LogP contribution in [-0.2, 0) is 17.6 Å². The third-order valence-corrected chi connectivity index (χ3v) is 2.92. The summed E-state index contributed by atoms with van der Waals surface area (Å²) in [5.74, 6) is -0.0895. The first kappa shape index (κ1) is 10.1. The van der Waals surface area contributed by atoms with E-state index in [4.69, 9.17) is 0 Å². The van der Waals surface area contributed by atoms with Gasteiger partial charge in [-0.1, -0.05) is 6.07 Å². The van der Waals surface area contributed by atoms with E-state index in [1.165, 1.54) is 11.6 Å². The molecular formula is C12H14FNO. The Kier molecular flexibility index (Phi) is 2.71. The van der Waals surface area contributed by atoms with Crippen molar-refractivity contribution < 1.29 is 9.18 Å². The van der Waals surface area contributed by atoms with Crippen molar-refractivity contribution >= 4 is 5.91 Å². The van der Waals surface area contributed by atoms with E-state index in [-0.39, 0.29) is 11.7 Å². The highest BCUT2D eigenvalue weighted by molar-refractivity contribution is 5.73. The number of benzene rings is 1. The lowest BCUT2D eigenvalue weighted by Gasteiger charge is -2.17. The van der Waals surface area contributed by atoms with E-state index >= 15 is 0 Å². The molecule has 0 aliphatic carbocycles. The fourth-order valence-electron chi connectivity index (χ4n) is 2.01. The standard InChI is InChI=1S/C12H14FNO/c1-9(15)14-6-4-10-2-3-12(13)8-11(10)5-7-14/h2-3,8H,4-7H2,1H3. The molecule has 1 amide bonds. The fraction of sp³-hybridized carbons (Fsp3) is 0.417. The summed E-state index contributed by atoms with van der Waals surface area (Å²) in [4.78, 5) is 13.0. The van der Waals surface area contributed by atoms with Gasteiger partial charge >= 0.3 is 0 Å². The molecule has 1 aliphatic rings. The van der Waals surface area contributed by atoms with Crippen molar-refractivity contribution in [2.24, 2.45) is 0 Å². The van der Waals surface area contributed by atoms with Crippen LogP contribution in [0.4, 0.5) is 4.39 Å². The van der Waals surface area contributed by atoms with Crippen LogP contribution in [0.5, 0.6) is 0 Å². The number of hydrogen-bond acceptors (Lipinski definition) is 1. The quantitative estimate of drug-likeness (QED) is 0.635. The molecule has 2 nitrogen and oxygen atoms in total. The van der Waals surface area contributed by atoms with Gasteiger partial charge in [0.25, 0.3) is 0 Å². The molecule has 0 aromatic heterocycles. The van der Waals surface area contributed by atoms with Gasteiger partial charge < -0.3 is 4.90 Å². The van der Waals surface area contributed by atoms with Crippen LogP contribution in [0.2, 0.25) is 0 Å². The number of nitrogens with zero attached hydrogens (tertiary/aromatic N) is 1. The Morgan fingerprint density at radius 3 is 2.60 bits per heavy atom. The lowest BCUT2D eigenvalue weighted by Crippen LogP contribution is -2.30. The molecule has 1 aromatic rings. The van der Waals surface area contributed by atoms with E-state index in [0.717, 1.165) is 24.9 Å². The van der Waals surface area contributed by atoms with Crippen molar-refractivity contribution in [3.05, 3.63) is 35.1 Å². The second-order valence-electron chi connectivity index (χ2n) is 3.92. The SMILES string of the molecule is CC(=O)N1CCc2ccc(F)cc2CC1. The molecule has 0 unspecified atom stereocenters. The molecule has 3 heteroatoms. The van der Waals surface area contributed by atoms with Crippen LogP contribution in [0.3, 0.4) is 0 Å². The summed E-state index contributed by atoms with van der Waals surface area (Å²) in [5.41, 5.74) is 2.21. The van der Waals surface area contributed by atoms with Gasteiger partial charge in [-0.25, -0.2) is 4.39 Å². The molecule has 0 bridgehead atoms. The molecule has 80 valence electrons. The molecule has 0 fully saturated rings. The maximum absolute atomic E-state index is 13.0. The smallest absolute Gasteiger partial charge is 0.219 e. The van der Waals surface area contributed by atoms with Crippen molar-refractivity contribution in [1.29, 1.82) is 0 Å². The van der Waals surface area contributed by atoms with Gasteiger partial charge in [-0.3, -0.25) is 4.79 Å². The summed E-state index contributed by atoms with van der Waals surface area (Å²) in [5, 5.41) is 0. The van der Waals surface area contributed by atoms with Crippen molar-refractivity contribution in [1.82, 2.24) is 4.90 Å². The van der Waals surface area contributed by atoms with E-state index in [9.17, 15) is 9.18 Å². The van der Waals surface area contributed by atoms with Gasteiger partial charge in [-0.05, 0) is 36.1 Å².